The number of nitro benzene ring substituents is 1. The van der Waals surface area contributed by atoms with Crippen LogP contribution in [-0.4, -0.2) is 30.0 Å². The summed E-state index contributed by atoms with van der Waals surface area (Å²) < 4.78 is 10.5. The molecule has 0 spiro atoms. The average Bonchev–Trinajstić information content (AvgIpc) is 2.87. The number of hydrogen-bond acceptors (Lipinski definition) is 7. The van der Waals surface area contributed by atoms with Crippen molar-refractivity contribution < 1.29 is 24.0 Å². The lowest BCUT2D eigenvalue weighted by Crippen LogP contribution is -2.21. The van der Waals surface area contributed by atoms with Gasteiger partial charge in [0.1, 0.15) is 10.8 Å². The van der Waals surface area contributed by atoms with E-state index in [-0.39, 0.29) is 18.9 Å². The van der Waals surface area contributed by atoms with Gasteiger partial charge in [-0.05, 0) is 44.9 Å². The number of nitrogens with one attached hydrogen (secondary N) is 1. The third-order valence-electron chi connectivity index (χ3n) is 3.85. The molecule has 0 aliphatic heterocycles. The first kappa shape index (κ1) is 20.4. The topological polar surface area (TPSA) is 108 Å². The minimum atomic E-state index is -0.498. The van der Waals surface area contributed by atoms with Crippen LogP contribution in [0.3, 0.4) is 0 Å². The molecule has 8 nitrogen and oxygen atoms in total. The van der Waals surface area contributed by atoms with E-state index in [0.717, 1.165) is 10.4 Å². The van der Waals surface area contributed by atoms with Gasteiger partial charge in [-0.15, -0.1) is 11.3 Å². The van der Waals surface area contributed by atoms with Crippen molar-refractivity contribution in [3.8, 4) is 5.75 Å². The van der Waals surface area contributed by atoms with Gasteiger partial charge in [0, 0.05) is 17.0 Å². The highest BCUT2D eigenvalue weighted by atomic mass is 32.1. The van der Waals surface area contributed by atoms with Gasteiger partial charge in [0.15, 0.2) is 6.61 Å². The first-order chi connectivity index (χ1) is 12.7. The summed E-state index contributed by atoms with van der Waals surface area (Å²) in [4.78, 5) is 35.5. The van der Waals surface area contributed by atoms with Crippen molar-refractivity contribution in [2.75, 3.05) is 18.5 Å². The molecule has 0 unspecified atom stereocenters. The van der Waals surface area contributed by atoms with Crippen LogP contribution in [0.25, 0.3) is 0 Å². The van der Waals surface area contributed by atoms with E-state index < -0.39 is 16.8 Å². The van der Waals surface area contributed by atoms with E-state index in [9.17, 15) is 19.7 Å². The Bertz CT molecular complexity index is 890. The van der Waals surface area contributed by atoms with Gasteiger partial charge in [-0.2, -0.15) is 0 Å². The molecule has 144 valence electrons. The van der Waals surface area contributed by atoms with Crippen molar-refractivity contribution in [1.29, 1.82) is 0 Å². The lowest BCUT2D eigenvalue weighted by Gasteiger charge is -2.10. The zero-order valence-electron chi connectivity index (χ0n) is 15.5. The quantitative estimate of drug-likeness (QED) is 0.436. The average molecular weight is 392 g/mol. The molecule has 0 atom stereocenters. The number of esters is 1. The number of benzene rings is 1. The second-order valence-corrected chi connectivity index (χ2v) is 6.98. The largest absolute Gasteiger partial charge is 0.483 e. The fourth-order valence-corrected chi connectivity index (χ4v) is 3.44. The van der Waals surface area contributed by atoms with Crippen LogP contribution in [0.4, 0.5) is 10.7 Å². The summed E-state index contributed by atoms with van der Waals surface area (Å²) in [6, 6.07) is 4.13. The smallest absolute Gasteiger partial charge is 0.341 e. The maximum absolute atomic E-state index is 12.2. The number of aryl methyl sites for hydroxylation is 2. The molecule has 2 rings (SSSR count). The Hall–Kier alpha value is -2.94. The van der Waals surface area contributed by atoms with Crippen LogP contribution >= 0.6 is 11.3 Å². The lowest BCUT2D eigenvalue weighted by molar-refractivity contribution is -0.384. The molecular weight excluding hydrogens is 372 g/mol. The molecule has 1 heterocycles. The summed E-state index contributed by atoms with van der Waals surface area (Å²) in [6.07, 6.45) is 0. The van der Waals surface area contributed by atoms with E-state index in [0.29, 0.717) is 21.9 Å². The van der Waals surface area contributed by atoms with Crippen molar-refractivity contribution in [3.63, 3.8) is 0 Å². The van der Waals surface area contributed by atoms with Crippen LogP contribution in [0.5, 0.6) is 5.75 Å². The molecule has 0 aliphatic carbocycles. The highest BCUT2D eigenvalue weighted by molar-refractivity contribution is 7.16. The standard InChI is InChI=1S/C18H20N2O6S/c1-5-25-18(22)16-11(3)12(4)27-17(16)19-15(21)9-26-14-7-6-13(20(23)24)8-10(14)2/h6-8H,5,9H2,1-4H3,(H,19,21). The number of anilines is 1. The molecule has 0 fully saturated rings. The van der Waals surface area contributed by atoms with Crippen LogP contribution in [0.15, 0.2) is 18.2 Å². The number of ether oxygens (including phenoxy) is 2. The van der Waals surface area contributed by atoms with Gasteiger partial charge < -0.3 is 14.8 Å². The van der Waals surface area contributed by atoms with Crippen LogP contribution < -0.4 is 10.1 Å². The maximum atomic E-state index is 12.2. The summed E-state index contributed by atoms with van der Waals surface area (Å²) in [6.45, 7) is 6.97. The fraction of sp³-hybridized carbons (Fsp3) is 0.333. The molecule has 1 N–H and O–H groups in total. The minimum absolute atomic E-state index is 0.0482. The Morgan fingerprint density at radius 2 is 1.96 bits per heavy atom. The predicted octanol–water partition coefficient (Wildman–Crippen LogP) is 3.78. The molecule has 0 aliphatic rings. The fourth-order valence-electron chi connectivity index (χ4n) is 2.38. The van der Waals surface area contributed by atoms with Gasteiger partial charge in [0.25, 0.3) is 11.6 Å². The highest BCUT2D eigenvalue weighted by Gasteiger charge is 2.22. The first-order valence-corrected chi connectivity index (χ1v) is 9.01. The van der Waals surface area contributed by atoms with E-state index in [1.54, 1.807) is 20.8 Å². The Morgan fingerprint density at radius 1 is 1.26 bits per heavy atom. The predicted molar refractivity (Wildman–Crippen MR) is 102 cm³/mol. The van der Waals surface area contributed by atoms with E-state index in [2.05, 4.69) is 5.32 Å². The summed E-state index contributed by atoms with van der Waals surface area (Å²) in [5, 5.41) is 13.9. The normalized spacial score (nSPS) is 10.4. The molecule has 27 heavy (non-hydrogen) atoms. The second kappa shape index (κ2) is 8.63. The maximum Gasteiger partial charge on any atom is 0.341 e. The molecule has 0 saturated carbocycles. The SMILES string of the molecule is CCOC(=O)c1c(NC(=O)COc2ccc([N+](=O)[O-])cc2C)sc(C)c1C. The van der Waals surface area contributed by atoms with E-state index in [4.69, 9.17) is 9.47 Å². The lowest BCUT2D eigenvalue weighted by atomic mass is 10.1. The summed E-state index contributed by atoms with van der Waals surface area (Å²) in [7, 11) is 0. The Kier molecular flexibility index (Phi) is 6.51. The van der Waals surface area contributed by atoms with E-state index in [1.807, 2.05) is 6.92 Å². The zero-order chi connectivity index (χ0) is 20.1. The van der Waals surface area contributed by atoms with Crippen molar-refractivity contribution in [3.05, 3.63) is 49.9 Å². The number of nitro groups is 1. The Labute approximate surface area is 160 Å². The molecule has 1 aromatic carbocycles. The monoisotopic (exact) mass is 392 g/mol. The Balaban J connectivity index is 2.07. The van der Waals surface area contributed by atoms with Gasteiger partial charge >= 0.3 is 5.97 Å². The number of nitrogens with zero attached hydrogens (tertiary/aromatic N) is 1. The van der Waals surface area contributed by atoms with Crippen LogP contribution in [0, 0.1) is 30.9 Å². The Morgan fingerprint density at radius 3 is 2.56 bits per heavy atom. The minimum Gasteiger partial charge on any atom is -0.483 e. The third kappa shape index (κ3) is 4.82. The molecular formula is C18H20N2O6S. The van der Waals surface area contributed by atoms with Crippen LogP contribution in [-0.2, 0) is 9.53 Å². The van der Waals surface area contributed by atoms with E-state index >= 15 is 0 Å². The molecule has 1 amide bonds. The van der Waals surface area contributed by atoms with Crippen LogP contribution in [0.2, 0.25) is 0 Å². The van der Waals surface area contributed by atoms with E-state index in [1.165, 1.54) is 29.5 Å². The third-order valence-corrected chi connectivity index (χ3v) is 4.97. The number of amides is 1. The second-order valence-electron chi connectivity index (χ2n) is 5.75. The van der Waals surface area contributed by atoms with Gasteiger partial charge in [0.2, 0.25) is 0 Å². The van der Waals surface area contributed by atoms with Crippen molar-refractivity contribution in [1.82, 2.24) is 0 Å². The highest BCUT2D eigenvalue weighted by Crippen LogP contribution is 2.33. The van der Waals surface area contributed by atoms with Gasteiger partial charge in [-0.1, -0.05) is 0 Å². The molecule has 1 aromatic heterocycles. The number of non-ortho nitro benzene ring substituents is 1. The molecule has 0 saturated heterocycles. The number of carbonyl (C=O) groups excluding carboxylic acids is 2. The molecule has 9 heteroatoms. The number of carbonyl (C=O) groups is 2. The van der Waals surface area contributed by atoms with Crippen LogP contribution in [0.1, 0.15) is 33.3 Å². The van der Waals surface area contributed by atoms with Crippen molar-refractivity contribution in [2.45, 2.75) is 27.7 Å². The summed E-state index contributed by atoms with van der Waals surface area (Å²) >= 11 is 1.29. The number of hydrogen-bond donors (Lipinski definition) is 1. The molecule has 0 radical (unpaired) electrons. The zero-order valence-corrected chi connectivity index (χ0v) is 16.3. The summed E-state index contributed by atoms with van der Waals surface area (Å²) in [5.74, 6) is -0.554. The number of rotatable bonds is 7. The summed E-state index contributed by atoms with van der Waals surface area (Å²) in [5.41, 5.74) is 1.61. The van der Waals surface area contributed by atoms with Crippen molar-refractivity contribution >= 4 is 33.9 Å². The molecule has 0 bridgehead atoms. The first-order valence-electron chi connectivity index (χ1n) is 8.19. The molecule has 2 aromatic rings. The van der Waals surface area contributed by atoms with Gasteiger partial charge in [-0.3, -0.25) is 14.9 Å². The number of thiophene rings is 1. The van der Waals surface area contributed by atoms with Gasteiger partial charge in [-0.25, -0.2) is 4.79 Å². The van der Waals surface area contributed by atoms with Gasteiger partial charge in [0.05, 0.1) is 17.1 Å². The van der Waals surface area contributed by atoms with Crippen molar-refractivity contribution in [2.24, 2.45) is 0 Å².